The van der Waals surface area contributed by atoms with E-state index in [9.17, 15) is 9.18 Å². The second kappa shape index (κ2) is 6.63. The van der Waals surface area contributed by atoms with Gasteiger partial charge >= 0.3 is 0 Å². The number of carbonyl (C=O) groups excluding carboxylic acids is 1. The molecule has 1 rings (SSSR count). The highest BCUT2D eigenvalue weighted by molar-refractivity contribution is 5.81. The fourth-order valence-electron chi connectivity index (χ4n) is 1.71. The van der Waals surface area contributed by atoms with Crippen molar-refractivity contribution in [2.24, 2.45) is 5.73 Å². The molecular weight excluding hydrogens is 247 g/mol. The molecule has 0 aromatic heterocycles. The Morgan fingerprint density at radius 1 is 1.53 bits per heavy atom. The maximum absolute atomic E-state index is 13.2. The van der Waals surface area contributed by atoms with Crippen molar-refractivity contribution in [1.82, 2.24) is 5.32 Å². The summed E-state index contributed by atoms with van der Waals surface area (Å²) in [4.78, 5) is 11.7. The van der Waals surface area contributed by atoms with Crippen molar-refractivity contribution in [3.05, 3.63) is 35.6 Å². The average Bonchev–Trinajstić information content (AvgIpc) is 2.36. The highest BCUT2D eigenvalue weighted by Crippen LogP contribution is 2.22. The number of hydrogen-bond donors (Lipinski definition) is 2. The summed E-state index contributed by atoms with van der Waals surface area (Å²) in [5.41, 5.74) is 6.08. The number of nitrogens with one attached hydrogen (secondary N) is 1. The van der Waals surface area contributed by atoms with Crippen LogP contribution in [-0.4, -0.2) is 32.2 Å². The maximum atomic E-state index is 13.2. The van der Waals surface area contributed by atoms with Crippen LogP contribution in [-0.2, 0) is 14.9 Å². The lowest BCUT2D eigenvalue weighted by Gasteiger charge is -2.26. The highest BCUT2D eigenvalue weighted by atomic mass is 19.1. The van der Waals surface area contributed by atoms with Gasteiger partial charge in [-0.15, -0.1) is 0 Å². The van der Waals surface area contributed by atoms with E-state index in [4.69, 9.17) is 10.5 Å². The van der Waals surface area contributed by atoms with Gasteiger partial charge in [-0.05, 0) is 17.7 Å². The van der Waals surface area contributed by atoms with Crippen molar-refractivity contribution in [2.75, 3.05) is 20.3 Å². The number of carbonyl (C=O) groups is 1. The number of methoxy groups -OCH3 is 1. The molecule has 0 saturated heterocycles. The minimum absolute atomic E-state index is 0.173. The van der Waals surface area contributed by atoms with E-state index in [0.717, 1.165) is 5.56 Å². The van der Waals surface area contributed by atoms with E-state index >= 15 is 0 Å². The smallest absolute Gasteiger partial charge is 0.239 e. The number of ether oxygens (including phenoxy) is 1. The van der Waals surface area contributed by atoms with E-state index < -0.39 is 6.04 Å². The molecule has 3 N–H and O–H groups in total. The van der Waals surface area contributed by atoms with Crippen LogP contribution in [0.2, 0.25) is 0 Å². The number of hydrogen-bond acceptors (Lipinski definition) is 3. The van der Waals surface area contributed by atoms with Crippen molar-refractivity contribution < 1.29 is 13.9 Å². The van der Waals surface area contributed by atoms with Crippen LogP contribution in [0.3, 0.4) is 0 Å². The molecule has 0 heterocycles. The Morgan fingerprint density at radius 2 is 2.21 bits per heavy atom. The molecule has 5 heteroatoms. The van der Waals surface area contributed by atoms with E-state index in [0.29, 0.717) is 6.54 Å². The lowest BCUT2D eigenvalue weighted by molar-refractivity contribution is -0.123. The van der Waals surface area contributed by atoms with Crippen LogP contribution in [0.15, 0.2) is 24.3 Å². The van der Waals surface area contributed by atoms with E-state index in [2.05, 4.69) is 5.32 Å². The van der Waals surface area contributed by atoms with E-state index in [1.807, 2.05) is 19.9 Å². The lowest BCUT2D eigenvalue weighted by atomic mass is 9.84. The summed E-state index contributed by atoms with van der Waals surface area (Å²) in [6.07, 6.45) is 0. The zero-order valence-electron chi connectivity index (χ0n) is 11.6. The Balaban J connectivity index is 2.63. The number of rotatable bonds is 6. The lowest BCUT2D eigenvalue weighted by Crippen LogP contribution is -2.47. The number of nitrogens with two attached hydrogens (primary N) is 1. The monoisotopic (exact) mass is 268 g/mol. The zero-order valence-corrected chi connectivity index (χ0v) is 11.6. The summed E-state index contributed by atoms with van der Waals surface area (Å²) in [5, 5.41) is 2.76. The summed E-state index contributed by atoms with van der Waals surface area (Å²) in [7, 11) is 1.49. The van der Waals surface area contributed by atoms with Gasteiger partial charge in [0, 0.05) is 19.1 Å². The molecule has 19 heavy (non-hydrogen) atoms. The van der Waals surface area contributed by atoms with Gasteiger partial charge in [0.2, 0.25) is 5.91 Å². The van der Waals surface area contributed by atoms with Crippen LogP contribution in [0.25, 0.3) is 0 Å². The molecule has 0 aliphatic carbocycles. The minimum Gasteiger partial charge on any atom is -0.383 e. The van der Waals surface area contributed by atoms with Crippen LogP contribution in [0.4, 0.5) is 4.39 Å². The molecule has 0 saturated carbocycles. The second-order valence-corrected chi connectivity index (χ2v) is 5.17. The van der Waals surface area contributed by atoms with Crippen molar-refractivity contribution in [3.8, 4) is 0 Å². The summed E-state index contributed by atoms with van der Waals surface area (Å²) >= 11 is 0. The molecule has 0 aliphatic rings. The molecule has 1 atom stereocenters. The zero-order chi connectivity index (χ0) is 14.5. The van der Waals surface area contributed by atoms with Crippen molar-refractivity contribution in [3.63, 3.8) is 0 Å². The molecule has 0 radical (unpaired) electrons. The predicted molar refractivity (Wildman–Crippen MR) is 72.3 cm³/mol. The normalized spacial score (nSPS) is 13.1. The number of amides is 1. The van der Waals surface area contributed by atoms with Gasteiger partial charge in [-0.3, -0.25) is 4.79 Å². The first-order valence-corrected chi connectivity index (χ1v) is 6.15. The van der Waals surface area contributed by atoms with Crippen LogP contribution < -0.4 is 11.1 Å². The summed E-state index contributed by atoms with van der Waals surface area (Å²) in [6, 6.07) is 5.68. The molecule has 1 unspecified atom stereocenters. The summed E-state index contributed by atoms with van der Waals surface area (Å²) in [6.45, 7) is 4.42. The first-order chi connectivity index (χ1) is 8.86. The molecule has 1 aromatic rings. The van der Waals surface area contributed by atoms with Gasteiger partial charge in [0.05, 0.1) is 6.61 Å². The first kappa shape index (κ1) is 15.6. The molecule has 0 bridgehead atoms. The molecule has 0 aliphatic heterocycles. The molecular formula is C14H21FN2O2. The predicted octanol–water partition coefficient (Wildman–Crippen LogP) is 1.19. The fraction of sp³-hybridized carbons (Fsp3) is 0.500. The van der Waals surface area contributed by atoms with E-state index in [1.54, 1.807) is 6.07 Å². The van der Waals surface area contributed by atoms with Crippen LogP contribution in [0, 0.1) is 5.82 Å². The Hall–Kier alpha value is -1.46. The average molecular weight is 268 g/mol. The fourth-order valence-corrected chi connectivity index (χ4v) is 1.71. The van der Waals surface area contributed by atoms with Gasteiger partial charge in [-0.1, -0.05) is 26.0 Å². The SMILES string of the molecule is COCC(N)C(=O)NCC(C)(C)c1cccc(F)c1. The van der Waals surface area contributed by atoms with E-state index in [1.165, 1.54) is 19.2 Å². The third-order valence-electron chi connectivity index (χ3n) is 2.99. The largest absolute Gasteiger partial charge is 0.383 e. The third kappa shape index (κ3) is 4.61. The quantitative estimate of drug-likeness (QED) is 0.814. The molecule has 106 valence electrons. The van der Waals surface area contributed by atoms with Crippen molar-refractivity contribution >= 4 is 5.91 Å². The van der Waals surface area contributed by atoms with Gasteiger partial charge in [-0.2, -0.15) is 0 Å². The number of halogens is 1. The van der Waals surface area contributed by atoms with Crippen LogP contribution in [0.5, 0.6) is 0 Å². The first-order valence-electron chi connectivity index (χ1n) is 6.15. The number of benzene rings is 1. The second-order valence-electron chi connectivity index (χ2n) is 5.17. The van der Waals surface area contributed by atoms with Gasteiger partial charge in [0.15, 0.2) is 0 Å². The molecule has 0 fully saturated rings. The Bertz CT molecular complexity index is 435. The summed E-state index contributed by atoms with van der Waals surface area (Å²) < 4.78 is 18.0. The standard InChI is InChI=1S/C14H21FN2O2/c1-14(2,10-5-4-6-11(15)7-10)9-17-13(18)12(16)8-19-3/h4-7,12H,8-9,16H2,1-3H3,(H,17,18). The molecule has 0 spiro atoms. The van der Waals surface area contributed by atoms with Crippen molar-refractivity contribution in [2.45, 2.75) is 25.3 Å². The summed E-state index contributed by atoms with van der Waals surface area (Å²) in [5.74, 6) is -0.556. The topological polar surface area (TPSA) is 64.3 Å². The van der Waals surface area contributed by atoms with Gasteiger partial charge in [0.25, 0.3) is 0 Å². The maximum Gasteiger partial charge on any atom is 0.239 e. The van der Waals surface area contributed by atoms with Crippen molar-refractivity contribution in [1.29, 1.82) is 0 Å². The minimum atomic E-state index is -0.687. The molecule has 1 amide bonds. The highest BCUT2D eigenvalue weighted by Gasteiger charge is 2.23. The van der Waals surface area contributed by atoms with Gasteiger partial charge in [-0.25, -0.2) is 4.39 Å². The third-order valence-corrected chi connectivity index (χ3v) is 2.99. The Labute approximate surface area is 113 Å². The molecule has 1 aromatic carbocycles. The van der Waals surface area contributed by atoms with Crippen LogP contribution in [0.1, 0.15) is 19.4 Å². The molecule has 4 nitrogen and oxygen atoms in total. The van der Waals surface area contributed by atoms with Gasteiger partial charge in [0.1, 0.15) is 11.9 Å². The van der Waals surface area contributed by atoms with Crippen LogP contribution >= 0.6 is 0 Å². The van der Waals surface area contributed by atoms with Gasteiger partial charge < -0.3 is 15.8 Å². The van der Waals surface area contributed by atoms with E-state index in [-0.39, 0.29) is 23.7 Å². The Kier molecular flexibility index (Phi) is 5.44. The Morgan fingerprint density at radius 3 is 2.79 bits per heavy atom.